The number of anilines is 1. The molecular formula is C26H24F3N7O. The first-order valence-electron chi connectivity index (χ1n) is 12.1. The highest BCUT2D eigenvalue weighted by Gasteiger charge is 2.36. The highest BCUT2D eigenvalue weighted by atomic mass is 19.1. The Morgan fingerprint density at radius 3 is 2.84 bits per heavy atom. The molecule has 1 amide bonds. The molecule has 37 heavy (non-hydrogen) atoms. The third kappa shape index (κ3) is 4.56. The van der Waals surface area contributed by atoms with Gasteiger partial charge in [-0.2, -0.15) is 5.10 Å². The fraction of sp³-hybridized carbons (Fsp3) is 0.308. The molecular weight excluding hydrogens is 483 g/mol. The summed E-state index contributed by atoms with van der Waals surface area (Å²) in [7, 11) is 0. The van der Waals surface area contributed by atoms with Crippen LogP contribution >= 0.6 is 0 Å². The van der Waals surface area contributed by atoms with Crippen molar-refractivity contribution in [2.45, 2.75) is 37.5 Å². The zero-order valence-corrected chi connectivity index (χ0v) is 19.8. The highest BCUT2D eigenvalue weighted by molar-refractivity contribution is 5.77. The van der Waals surface area contributed by atoms with Crippen molar-refractivity contribution in [2.75, 3.05) is 18.0 Å². The molecule has 1 aromatic carbocycles. The number of halogens is 3. The maximum absolute atomic E-state index is 14.5. The van der Waals surface area contributed by atoms with E-state index in [1.165, 1.54) is 0 Å². The number of carbonyl (C=O) groups is 1. The van der Waals surface area contributed by atoms with Gasteiger partial charge in [0.05, 0.1) is 36.2 Å². The second-order valence-electron chi connectivity index (χ2n) is 9.36. The Labute approximate surface area is 210 Å². The number of amides is 1. The molecule has 2 fully saturated rings. The Balaban J connectivity index is 1.27. The summed E-state index contributed by atoms with van der Waals surface area (Å²) in [5, 5.41) is 12.1. The van der Waals surface area contributed by atoms with Gasteiger partial charge in [0, 0.05) is 31.1 Å². The zero-order chi connectivity index (χ0) is 25.5. The highest BCUT2D eigenvalue weighted by Crippen LogP contribution is 2.38. The van der Waals surface area contributed by atoms with Gasteiger partial charge in [0.2, 0.25) is 5.91 Å². The maximum atomic E-state index is 14.5. The summed E-state index contributed by atoms with van der Waals surface area (Å²) in [5.41, 5.74) is 2.09. The van der Waals surface area contributed by atoms with Gasteiger partial charge in [0.1, 0.15) is 23.6 Å². The smallest absolute Gasteiger partial charge is 0.222 e. The van der Waals surface area contributed by atoms with E-state index < -0.39 is 23.8 Å². The molecule has 2 aliphatic heterocycles. The van der Waals surface area contributed by atoms with Gasteiger partial charge in [-0.1, -0.05) is 0 Å². The fourth-order valence-corrected chi connectivity index (χ4v) is 5.06. The number of nitrogens with one attached hydrogen (secondary N) is 1. The van der Waals surface area contributed by atoms with Crippen LogP contribution < -0.4 is 10.2 Å². The fourth-order valence-electron chi connectivity index (χ4n) is 5.06. The molecule has 0 bridgehead atoms. The van der Waals surface area contributed by atoms with E-state index in [4.69, 9.17) is 0 Å². The third-order valence-corrected chi connectivity index (χ3v) is 6.88. The molecule has 8 nitrogen and oxygen atoms in total. The lowest BCUT2D eigenvalue weighted by atomic mass is 10.0. The van der Waals surface area contributed by atoms with Crippen molar-refractivity contribution >= 4 is 29.5 Å². The molecule has 0 saturated carbocycles. The second-order valence-corrected chi connectivity index (χ2v) is 9.36. The van der Waals surface area contributed by atoms with E-state index in [1.807, 2.05) is 29.1 Å². The topological polar surface area (TPSA) is 80.4 Å². The van der Waals surface area contributed by atoms with Crippen molar-refractivity contribution in [1.82, 2.24) is 29.7 Å². The molecule has 6 rings (SSSR count). The Hall–Kier alpha value is -4.15. The third-order valence-electron chi connectivity index (χ3n) is 6.88. The van der Waals surface area contributed by atoms with E-state index in [0.717, 1.165) is 30.3 Å². The molecule has 1 unspecified atom stereocenters. The van der Waals surface area contributed by atoms with Crippen LogP contribution in [0.3, 0.4) is 0 Å². The Morgan fingerprint density at radius 1 is 1.08 bits per heavy atom. The van der Waals surface area contributed by atoms with Crippen LogP contribution in [0.5, 0.6) is 0 Å². The first-order chi connectivity index (χ1) is 17.9. The number of hydrogen-bond donors (Lipinski definition) is 1. The lowest BCUT2D eigenvalue weighted by Crippen LogP contribution is -2.34. The second kappa shape index (κ2) is 9.38. The Bertz CT molecular complexity index is 1500. The number of aromatic nitrogens is 5. The number of fused-ring (bicyclic) bond motifs is 1. The van der Waals surface area contributed by atoms with Gasteiger partial charge < -0.3 is 10.2 Å². The van der Waals surface area contributed by atoms with Crippen molar-refractivity contribution in [3.05, 3.63) is 77.4 Å². The summed E-state index contributed by atoms with van der Waals surface area (Å²) in [6, 6.07) is 7.92. The molecule has 2 aliphatic rings. The lowest BCUT2D eigenvalue weighted by Gasteiger charge is -2.26. The maximum Gasteiger partial charge on any atom is 0.222 e. The molecule has 2 saturated heterocycles. The van der Waals surface area contributed by atoms with Gasteiger partial charge >= 0.3 is 0 Å². The summed E-state index contributed by atoms with van der Waals surface area (Å²) in [5.74, 6) is -0.686. The van der Waals surface area contributed by atoms with E-state index in [9.17, 15) is 18.0 Å². The van der Waals surface area contributed by atoms with Crippen LogP contribution in [0.4, 0.5) is 19.0 Å². The van der Waals surface area contributed by atoms with Crippen molar-refractivity contribution < 1.29 is 18.0 Å². The molecule has 3 atom stereocenters. The number of benzene rings is 1. The number of nitrogens with zero attached hydrogens (tertiary/aromatic N) is 6. The number of alkyl halides is 1. The first kappa shape index (κ1) is 23.3. The molecule has 0 spiro atoms. The lowest BCUT2D eigenvalue weighted by molar-refractivity contribution is -0.123. The number of hydrogen-bond acceptors (Lipinski definition) is 5. The van der Waals surface area contributed by atoms with E-state index >= 15 is 0 Å². The van der Waals surface area contributed by atoms with E-state index in [0.29, 0.717) is 30.1 Å². The zero-order valence-electron chi connectivity index (χ0n) is 19.8. The van der Waals surface area contributed by atoms with Crippen LogP contribution in [0.15, 0.2) is 48.8 Å². The molecule has 190 valence electrons. The van der Waals surface area contributed by atoms with E-state index in [2.05, 4.69) is 20.5 Å². The van der Waals surface area contributed by atoms with Gasteiger partial charge in [-0.15, -0.1) is 5.10 Å². The van der Waals surface area contributed by atoms with Crippen LogP contribution in [-0.2, 0) is 4.79 Å². The summed E-state index contributed by atoms with van der Waals surface area (Å²) >= 11 is 0. The minimum absolute atomic E-state index is 0.0234. The van der Waals surface area contributed by atoms with E-state index in [-0.39, 0.29) is 30.5 Å². The average molecular weight is 508 g/mol. The monoisotopic (exact) mass is 507 g/mol. The number of piperidine rings is 1. The predicted octanol–water partition coefficient (Wildman–Crippen LogP) is 4.12. The van der Waals surface area contributed by atoms with Crippen LogP contribution in [0.25, 0.3) is 17.8 Å². The van der Waals surface area contributed by atoms with Gasteiger partial charge in [-0.05, 0) is 55.0 Å². The quantitative estimate of drug-likeness (QED) is 0.440. The van der Waals surface area contributed by atoms with Gasteiger partial charge in [-0.25, -0.2) is 22.7 Å². The molecule has 4 aromatic rings. The van der Waals surface area contributed by atoms with Gasteiger partial charge in [0.15, 0.2) is 5.65 Å². The minimum atomic E-state index is -1.20. The van der Waals surface area contributed by atoms with Gasteiger partial charge in [-0.3, -0.25) is 9.48 Å². The molecule has 11 heteroatoms. The van der Waals surface area contributed by atoms with Crippen LogP contribution in [0.1, 0.15) is 48.3 Å². The summed E-state index contributed by atoms with van der Waals surface area (Å²) in [6.07, 6.45) is 7.25. The predicted molar refractivity (Wildman–Crippen MR) is 131 cm³/mol. The largest absolute Gasteiger partial charge is 0.356 e. The normalized spacial score (nSPS) is 22.3. The Morgan fingerprint density at radius 2 is 1.97 bits per heavy atom. The molecule has 0 aliphatic carbocycles. The van der Waals surface area contributed by atoms with Crippen LogP contribution in [0, 0.1) is 11.6 Å². The summed E-state index contributed by atoms with van der Waals surface area (Å²) in [4.78, 5) is 17.7. The average Bonchev–Trinajstić information content (AvgIpc) is 3.62. The number of rotatable bonds is 5. The van der Waals surface area contributed by atoms with Crippen molar-refractivity contribution in [3.63, 3.8) is 0 Å². The van der Waals surface area contributed by atoms with Crippen molar-refractivity contribution in [3.8, 4) is 0 Å². The minimum Gasteiger partial charge on any atom is -0.356 e. The number of carbonyl (C=O) groups excluding carboxylic acids is 1. The summed E-state index contributed by atoms with van der Waals surface area (Å²) < 4.78 is 46.3. The van der Waals surface area contributed by atoms with Crippen molar-refractivity contribution in [2.24, 2.45) is 0 Å². The number of imidazole rings is 1. The SMILES string of the molecule is O=C1CC(n2ccc(/C=C/c3cnc4ccc(N5C[C@@H](F)C[C@@H]5c5cc(F)ccc5F)nn34)n2)CCN1. The van der Waals surface area contributed by atoms with Crippen molar-refractivity contribution in [1.29, 1.82) is 0 Å². The first-order valence-corrected chi connectivity index (χ1v) is 12.1. The van der Waals surface area contributed by atoms with Crippen LogP contribution in [0.2, 0.25) is 0 Å². The molecule has 0 radical (unpaired) electrons. The molecule has 3 aromatic heterocycles. The summed E-state index contributed by atoms with van der Waals surface area (Å²) in [6.45, 7) is 0.660. The van der Waals surface area contributed by atoms with Gasteiger partial charge in [0.25, 0.3) is 0 Å². The van der Waals surface area contributed by atoms with E-state index in [1.54, 1.807) is 27.7 Å². The molecule has 1 N–H and O–H groups in total. The Kier molecular flexibility index (Phi) is 5.90. The molecule has 5 heterocycles. The van der Waals surface area contributed by atoms with Crippen LogP contribution in [-0.4, -0.2) is 49.5 Å². The standard InChI is InChI=1S/C26H24F3N7O/c27-16-1-4-22(29)21(11-16)23-12-17(28)15-34(23)25-6-5-24-31-14-20(36(24)33-25)3-2-18-8-10-35(32-18)19-7-9-30-26(37)13-19/h1-6,8,10-11,14,17,19,23H,7,9,12-13,15H2,(H,30,37)/b3-2+/t17-,19?,23+/m0/s1.